The Balaban J connectivity index is 1.51. The summed E-state index contributed by atoms with van der Waals surface area (Å²) in [6.07, 6.45) is 1.43. The summed E-state index contributed by atoms with van der Waals surface area (Å²) in [6.45, 7) is 10.9. The van der Waals surface area contributed by atoms with Crippen LogP contribution in [0.4, 0.5) is 8.78 Å². The van der Waals surface area contributed by atoms with Gasteiger partial charge in [-0.25, -0.2) is 8.78 Å². The SMILES string of the molecule is Cc1cc(C)cc(C(=O)NC(CC(C)C)c2nnc3n2CCN(Cc2ccc(F)c(F)c2)CC3)c1. The number of carbonyl (C=O) groups is 1. The van der Waals surface area contributed by atoms with Crippen LogP contribution in [0.25, 0.3) is 0 Å². The van der Waals surface area contributed by atoms with Crippen LogP contribution in [0.5, 0.6) is 0 Å². The first kappa shape index (κ1) is 25.0. The number of aryl methyl sites for hydroxylation is 2. The number of rotatable bonds is 7. The van der Waals surface area contributed by atoms with Crippen molar-refractivity contribution in [2.24, 2.45) is 5.92 Å². The summed E-state index contributed by atoms with van der Waals surface area (Å²) in [7, 11) is 0. The minimum Gasteiger partial charge on any atom is -0.342 e. The van der Waals surface area contributed by atoms with Crippen molar-refractivity contribution in [2.75, 3.05) is 13.1 Å². The first-order chi connectivity index (χ1) is 16.7. The fraction of sp³-hybridized carbons (Fsp3) is 0.444. The summed E-state index contributed by atoms with van der Waals surface area (Å²) >= 11 is 0. The Morgan fingerprint density at radius 2 is 1.74 bits per heavy atom. The van der Waals surface area contributed by atoms with E-state index in [9.17, 15) is 13.6 Å². The van der Waals surface area contributed by atoms with Gasteiger partial charge in [-0.3, -0.25) is 9.69 Å². The van der Waals surface area contributed by atoms with Crippen molar-refractivity contribution in [2.45, 2.75) is 59.7 Å². The van der Waals surface area contributed by atoms with E-state index in [4.69, 9.17) is 0 Å². The summed E-state index contributed by atoms with van der Waals surface area (Å²) in [5.41, 5.74) is 3.48. The lowest BCUT2D eigenvalue weighted by Gasteiger charge is -2.22. The summed E-state index contributed by atoms with van der Waals surface area (Å²) in [6, 6.07) is 9.63. The number of benzene rings is 2. The average molecular weight is 482 g/mol. The molecule has 3 aromatic rings. The van der Waals surface area contributed by atoms with Gasteiger partial charge in [0.15, 0.2) is 17.5 Å². The highest BCUT2D eigenvalue weighted by Gasteiger charge is 2.26. The number of fused-ring (bicyclic) bond motifs is 1. The molecular formula is C27H33F2N5O. The van der Waals surface area contributed by atoms with Crippen LogP contribution in [0.15, 0.2) is 36.4 Å². The number of hydrogen-bond donors (Lipinski definition) is 1. The van der Waals surface area contributed by atoms with E-state index < -0.39 is 11.6 Å². The molecule has 1 atom stereocenters. The van der Waals surface area contributed by atoms with Crippen molar-refractivity contribution >= 4 is 5.91 Å². The zero-order chi connectivity index (χ0) is 25.1. The number of hydrogen-bond acceptors (Lipinski definition) is 4. The molecule has 1 amide bonds. The van der Waals surface area contributed by atoms with E-state index in [1.165, 1.54) is 12.1 Å². The van der Waals surface area contributed by atoms with Gasteiger partial charge in [0.1, 0.15) is 5.82 Å². The van der Waals surface area contributed by atoms with Gasteiger partial charge in [-0.1, -0.05) is 37.1 Å². The van der Waals surface area contributed by atoms with Gasteiger partial charge in [-0.05, 0) is 56.0 Å². The molecule has 0 bridgehead atoms. The maximum absolute atomic E-state index is 13.6. The molecule has 2 heterocycles. The fourth-order valence-electron chi connectivity index (χ4n) is 4.75. The van der Waals surface area contributed by atoms with E-state index in [-0.39, 0.29) is 11.9 Å². The van der Waals surface area contributed by atoms with Crippen molar-refractivity contribution in [3.8, 4) is 0 Å². The molecule has 1 aliphatic rings. The van der Waals surface area contributed by atoms with E-state index >= 15 is 0 Å². The Labute approximate surface area is 205 Å². The third-order valence-electron chi connectivity index (χ3n) is 6.35. The normalized spacial score (nSPS) is 15.1. The van der Waals surface area contributed by atoms with Crippen LogP contribution in [-0.4, -0.2) is 38.7 Å². The van der Waals surface area contributed by atoms with Gasteiger partial charge in [-0.15, -0.1) is 10.2 Å². The van der Waals surface area contributed by atoms with Gasteiger partial charge < -0.3 is 9.88 Å². The van der Waals surface area contributed by atoms with Crippen molar-refractivity contribution in [3.05, 3.63) is 81.9 Å². The van der Waals surface area contributed by atoms with Crippen LogP contribution in [0.2, 0.25) is 0 Å². The van der Waals surface area contributed by atoms with Crippen LogP contribution in [0.3, 0.4) is 0 Å². The highest BCUT2D eigenvalue weighted by atomic mass is 19.2. The zero-order valence-corrected chi connectivity index (χ0v) is 20.8. The first-order valence-electron chi connectivity index (χ1n) is 12.2. The molecular weight excluding hydrogens is 448 g/mol. The molecule has 0 saturated heterocycles. The van der Waals surface area contributed by atoms with Crippen LogP contribution < -0.4 is 5.32 Å². The Morgan fingerprint density at radius 3 is 2.43 bits per heavy atom. The second-order valence-corrected chi connectivity index (χ2v) is 9.93. The zero-order valence-electron chi connectivity index (χ0n) is 20.8. The molecule has 0 fully saturated rings. The number of halogens is 2. The summed E-state index contributed by atoms with van der Waals surface area (Å²) in [4.78, 5) is 15.3. The second-order valence-electron chi connectivity index (χ2n) is 9.93. The minimum atomic E-state index is -0.834. The monoisotopic (exact) mass is 481 g/mol. The molecule has 1 aromatic heterocycles. The number of nitrogens with one attached hydrogen (secondary N) is 1. The second kappa shape index (κ2) is 10.6. The van der Waals surface area contributed by atoms with E-state index in [1.54, 1.807) is 6.07 Å². The lowest BCUT2D eigenvalue weighted by molar-refractivity contribution is 0.0928. The lowest BCUT2D eigenvalue weighted by atomic mass is 10.0. The highest BCUT2D eigenvalue weighted by molar-refractivity contribution is 5.94. The van der Waals surface area contributed by atoms with Gasteiger partial charge >= 0.3 is 0 Å². The van der Waals surface area contributed by atoms with E-state index in [0.717, 1.165) is 47.8 Å². The highest BCUT2D eigenvalue weighted by Crippen LogP contribution is 2.24. The number of aromatic nitrogens is 3. The molecule has 1 aliphatic heterocycles. The topological polar surface area (TPSA) is 63.1 Å². The van der Waals surface area contributed by atoms with Gasteiger partial charge in [0.25, 0.3) is 5.91 Å². The third kappa shape index (κ3) is 6.11. The Kier molecular flexibility index (Phi) is 7.60. The number of nitrogens with zero attached hydrogens (tertiary/aromatic N) is 4. The molecule has 8 heteroatoms. The van der Waals surface area contributed by atoms with Gasteiger partial charge in [0.05, 0.1) is 6.04 Å². The van der Waals surface area contributed by atoms with E-state index in [1.807, 2.05) is 32.0 Å². The molecule has 0 aliphatic carbocycles. The van der Waals surface area contributed by atoms with Crippen molar-refractivity contribution in [1.29, 1.82) is 0 Å². The maximum atomic E-state index is 13.6. The fourth-order valence-corrected chi connectivity index (χ4v) is 4.75. The molecule has 4 rings (SSSR count). The predicted octanol–water partition coefficient (Wildman–Crippen LogP) is 4.75. The largest absolute Gasteiger partial charge is 0.342 e. The standard InChI is InChI=1S/C27H33F2N5O/c1-17(2)11-24(30-27(35)21-13-18(3)12-19(4)14-21)26-32-31-25-7-8-33(9-10-34(25)26)16-20-5-6-22(28)23(29)15-20/h5-6,12-15,17,24H,7-11,16H2,1-4H3,(H,30,35). The van der Waals surface area contributed by atoms with Crippen LogP contribution in [0.1, 0.15) is 65.0 Å². The van der Waals surface area contributed by atoms with E-state index in [2.05, 4.69) is 38.8 Å². The molecule has 6 nitrogen and oxygen atoms in total. The van der Waals surface area contributed by atoms with E-state index in [0.29, 0.717) is 31.0 Å². The van der Waals surface area contributed by atoms with Gasteiger partial charge in [0.2, 0.25) is 0 Å². The first-order valence-corrected chi connectivity index (χ1v) is 12.2. The smallest absolute Gasteiger partial charge is 0.251 e. The lowest BCUT2D eigenvalue weighted by Crippen LogP contribution is -2.32. The predicted molar refractivity (Wildman–Crippen MR) is 131 cm³/mol. The quantitative estimate of drug-likeness (QED) is 0.529. The molecule has 1 unspecified atom stereocenters. The Hall–Kier alpha value is -3.13. The number of carbonyl (C=O) groups excluding carboxylic acids is 1. The molecule has 35 heavy (non-hydrogen) atoms. The van der Waals surface area contributed by atoms with Crippen LogP contribution in [0, 0.1) is 31.4 Å². The minimum absolute atomic E-state index is 0.117. The Morgan fingerprint density at radius 1 is 1.00 bits per heavy atom. The van der Waals surface area contributed by atoms with Crippen molar-refractivity contribution in [3.63, 3.8) is 0 Å². The summed E-state index contributed by atoms with van der Waals surface area (Å²) < 4.78 is 29.0. The van der Waals surface area contributed by atoms with Gasteiger partial charge in [0, 0.05) is 38.2 Å². The third-order valence-corrected chi connectivity index (χ3v) is 6.35. The maximum Gasteiger partial charge on any atom is 0.251 e. The van der Waals surface area contributed by atoms with Crippen molar-refractivity contribution < 1.29 is 13.6 Å². The van der Waals surface area contributed by atoms with Crippen LogP contribution in [-0.2, 0) is 19.5 Å². The molecule has 1 N–H and O–H groups in total. The number of amides is 1. The molecule has 0 saturated carbocycles. The average Bonchev–Trinajstić information content (AvgIpc) is 3.09. The molecule has 2 aromatic carbocycles. The van der Waals surface area contributed by atoms with Crippen LogP contribution >= 0.6 is 0 Å². The Bertz CT molecular complexity index is 1190. The molecule has 0 spiro atoms. The molecule has 186 valence electrons. The van der Waals surface area contributed by atoms with Crippen molar-refractivity contribution in [1.82, 2.24) is 25.0 Å². The molecule has 0 radical (unpaired) electrons. The van der Waals surface area contributed by atoms with Gasteiger partial charge in [-0.2, -0.15) is 0 Å². The summed E-state index contributed by atoms with van der Waals surface area (Å²) in [5.74, 6) is 0.215. The summed E-state index contributed by atoms with van der Waals surface area (Å²) in [5, 5.41) is 12.1.